The van der Waals surface area contributed by atoms with Crippen LogP contribution in [0.15, 0.2) is 65.9 Å². The number of nitrogens with zero attached hydrogens (tertiary/aromatic N) is 1. The molecule has 0 aliphatic carbocycles. The zero-order valence-corrected chi connectivity index (χ0v) is 16.6. The van der Waals surface area contributed by atoms with Gasteiger partial charge in [0.05, 0.1) is 13.7 Å². The summed E-state index contributed by atoms with van der Waals surface area (Å²) in [7, 11) is 1.61. The van der Waals surface area contributed by atoms with E-state index in [4.69, 9.17) is 4.74 Å². The smallest absolute Gasteiger partial charge is 0.227 e. The van der Waals surface area contributed by atoms with Crippen molar-refractivity contribution in [3.8, 4) is 5.75 Å². The van der Waals surface area contributed by atoms with E-state index in [0.717, 1.165) is 41.8 Å². The quantitative estimate of drug-likeness (QED) is 0.598. The summed E-state index contributed by atoms with van der Waals surface area (Å²) >= 11 is 0. The molecule has 1 aliphatic rings. The topological polar surface area (TPSA) is 46.6 Å². The van der Waals surface area contributed by atoms with Gasteiger partial charge >= 0.3 is 0 Å². The molecule has 0 radical (unpaired) electrons. The predicted octanol–water partition coefficient (Wildman–Crippen LogP) is 5.14. The molecule has 2 aromatic rings. The lowest BCUT2D eigenvalue weighted by Gasteiger charge is -2.32. The van der Waals surface area contributed by atoms with Gasteiger partial charge in [0, 0.05) is 23.3 Å². The summed E-state index contributed by atoms with van der Waals surface area (Å²) in [5.41, 5.74) is 3.37. The lowest BCUT2D eigenvalue weighted by atomic mass is 9.91. The van der Waals surface area contributed by atoms with Gasteiger partial charge in [-0.2, -0.15) is 0 Å². The lowest BCUT2D eigenvalue weighted by Crippen LogP contribution is -2.35. The SMILES string of the molecule is CCCCC1=C(C(=O)c2ccc(OC)cc2)CCC(=O)N1Cc1ccccc1. The standard InChI is InChI=1S/C24H27NO3/c1-3-4-10-22-21(24(27)19-11-13-20(28-2)14-12-19)15-16-23(26)25(22)17-18-8-6-5-7-9-18/h5-9,11-14H,3-4,10,15-17H2,1-2H3. The average molecular weight is 377 g/mol. The third-order valence-electron chi connectivity index (χ3n) is 5.14. The van der Waals surface area contributed by atoms with Crippen molar-refractivity contribution in [1.82, 2.24) is 4.90 Å². The molecule has 1 amide bonds. The zero-order valence-electron chi connectivity index (χ0n) is 16.6. The Bertz CT molecular complexity index is 853. The van der Waals surface area contributed by atoms with Crippen molar-refractivity contribution in [1.29, 1.82) is 0 Å². The van der Waals surface area contributed by atoms with Gasteiger partial charge in [0.25, 0.3) is 0 Å². The van der Waals surface area contributed by atoms with E-state index in [-0.39, 0.29) is 11.7 Å². The first-order valence-corrected chi connectivity index (χ1v) is 9.89. The summed E-state index contributed by atoms with van der Waals surface area (Å²) in [6.45, 7) is 2.63. The van der Waals surface area contributed by atoms with Crippen molar-refractivity contribution >= 4 is 11.7 Å². The van der Waals surface area contributed by atoms with Crippen molar-refractivity contribution in [2.75, 3.05) is 7.11 Å². The summed E-state index contributed by atoms with van der Waals surface area (Å²) in [6, 6.07) is 17.1. The van der Waals surface area contributed by atoms with Gasteiger partial charge in [-0.3, -0.25) is 9.59 Å². The summed E-state index contributed by atoms with van der Waals surface area (Å²) in [5.74, 6) is 0.835. The van der Waals surface area contributed by atoms with Crippen LogP contribution in [0.5, 0.6) is 5.75 Å². The molecule has 0 fully saturated rings. The number of benzene rings is 2. The van der Waals surface area contributed by atoms with Gasteiger partial charge in [0.15, 0.2) is 5.78 Å². The molecule has 0 aromatic heterocycles. The number of carbonyl (C=O) groups excluding carboxylic acids is 2. The fraction of sp³-hybridized carbons (Fsp3) is 0.333. The molecular weight excluding hydrogens is 350 g/mol. The number of Topliss-reactive ketones (excluding diaryl/α,β-unsaturated/α-hetero) is 1. The van der Waals surface area contributed by atoms with Crippen LogP contribution >= 0.6 is 0 Å². The second-order valence-corrected chi connectivity index (χ2v) is 7.05. The Balaban J connectivity index is 1.96. The molecule has 0 unspecified atom stereocenters. The normalized spacial score (nSPS) is 14.4. The third kappa shape index (κ3) is 4.50. The Hall–Kier alpha value is -2.88. The number of unbranched alkanes of at least 4 members (excludes halogenated alkanes) is 1. The summed E-state index contributed by atoms with van der Waals surface area (Å²) in [4.78, 5) is 27.8. The summed E-state index contributed by atoms with van der Waals surface area (Å²) in [6.07, 6.45) is 3.59. The Morgan fingerprint density at radius 3 is 2.39 bits per heavy atom. The third-order valence-corrected chi connectivity index (χ3v) is 5.14. The molecule has 0 bridgehead atoms. The molecule has 0 saturated carbocycles. The number of allylic oxidation sites excluding steroid dienone is 2. The fourth-order valence-electron chi connectivity index (χ4n) is 3.57. The van der Waals surface area contributed by atoms with Gasteiger partial charge in [0.2, 0.25) is 5.91 Å². The van der Waals surface area contributed by atoms with Crippen LogP contribution in [0.25, 0.3) is 0 Å². The number of amides is 1. The number of methoxy groups -OCH3 is 1. The molecule has 0 saturated heterocycles. The van der Waals surface area contributed by atoms with Gasteiger partial charge in [-0.1, -0.05) is 43.7 Å². The summed E-state index contributed by atoms with van der Waals surface area (Å²) < 4.78 is 5.19. The molecule has 2 aromatic carbocycles. The van der Waals surface area contributed by atoms with E-state index in [2.05, 4.69) is 6.92 Å². The van der Waals surface area contributed by atoms with Crippen molar-refractivity contribution in [3.05, 3.63) is 77.0 Å². The van der Waals surface area contributed by atoms with E-state index >= 15 is 0 Å². The number of rotatable bonds is 8. The molecule has 4 heteroatoms. The first-order valence-electron chi connectivity index (χ1n) is 9.89. The van der Waals surface area contributed by atoms with E-state index in [1.54, 1.807) is 31.4 Å². The average Bonchev–Trinajstić information content (AvgIpc) is 2.74. The van der Waals surface area contributed by atoms with Crippen molar-refractivity contribution < 1.29 is 14.3 Å². The first-order chi connectivity index (χ1) is 13.6. The molecule has 0 atom stereocenters. The maximum atomic E-state index is 13.2. The minimum absolute atomic E-state index is 0.0133. The van der Waals surface area contributed by atoms with Crippen LogP contribution in [0.1, 0.15) is 54.9 Å². The molecule has 4 nitrogen and oxygen atoms in total. The molecule has 1 aliphatic heterocycles. The largest absolute Gasteiger partial charge is 0.497 e. The Labute approximate surface area is 166 Å². The Morgan fingerprint density at radius 1 is 1.04 bits per heavy atom. The van der Waals surface area contributed by atoms with Crippen molar-refractivity contribution in [2.45, 2.75) is 45.6 Å². The van der Waals surface area contributed by atoms with Crippen LogP contribution in [0.4, 0.5) is 0 Å². The van der Waals surface area contributed by atoms with E-state index in [1.807, 2.05) is 35.2 Å². The molecule has 1 heterocycles. The highest BCUT2D eigenvalue weighted by Crippen LogP contribution is 2.31. The van der Waals surface area contributed by atoms with Crippen LogP contribution in [0.3, 0.4) is 0 Å². The van der Waals surface area contributed by atoms with Gasteiger partial charge in [-0.25, -0.2) is 0 Å². The number of carbonyl (C=O) groups is 2. The molecule has 0 spiro atoms. The number of ether oxygens (including phenoxy) is 1. The molecule has 146 valence electrons. The maximum Gasteiger partial charge on any atom is 0.227 e. The first kappa shape index (κ1) is 19.9. The van der Waals surface area contributed by atoms with Gasteiger partial charge in [0.1, 0.15) is 5.75 Å². The van der Waals surface area contributed by atoms with Crippen LogP contribution in [0, 0.1) is 0 Å². The number of hydrogen-bond donors (Lipinski definition) is 0. The monoisotopic (exact) mass is 377 g/mol. The summed E-state index contributed by atoms with van der Waals surface area (Å²) in [5, 5.41) is 0. The second-order valence-electron chi connectivity index (χ2n) is 7.05. The number of ketones is 1. The fourth-order valence-corrected chi connectivity index (χ4v) is 3.57. The van der Waals surface area contributed by atoms with Gasteiger partial charge in [-0.05, 0) is 49.1 Å². The minimum atomic E-state index is 0.0133. The van der Waals surface area contributed by atoms with Crippen molar-refractivity contribution in [3.63, 3.8) is 0 Å². The molecule has 28 heavy (non-hydrogen) atoms. The highest BCUT2D eigenvalue weighted by molar-refractivity contribution is 6.10. The van der Waals surface area contributed by atoms with Crippen molar-refractivity contribution in [2.24, 2.45) is 0 Å². The van der Waals surface area contributed by atoms with Gasteiger partial charge < -0.3 is 9.64 Å². The Morgan fingerprint density at radius 2 is 1.75 bits per heavy atom. The zero-order chi connectivity index (χ0) is 19.9. The second kappa shape index (κ2) is 9.36. The number of hydrogen-bond acceptors (Lipinski definition) is 3. The van der Waals surface area contributed by atoms with E-state index < -0.39 is 0 Å². The molecule has 0 N–H and O–H groups in total. The van der Waals surface area contributed by atoms with E-state index in [1.165, 1.54) is 0 Å². The maximum absolute atomic E-state index is 13.2. The highest BCUT2D eigenvalue weighted by Gasteiger charge is 2.30. The van der Waals surface area contributed by atoms with Gasteiger partial charge in [-0.15, -0.1) is 0 Å². The molecular formula is C24H27NO3. The highest BCUT2D eigenvalue weighted by atomic mass is 16.5. The molecule has 3 rings (SSSR count). The predicted molar refractivity (Wildman–Crippen MR) is 110 cm³/mol. The van der Waals surface area contributed by atoms with Crippen LogP contribution < -0.4 is 4.74 Å². The van der Waals surface area contributed by atoms with E-state index in [0.29, 0.717) is 24.9 Å². The minimum Gasteiger partial charge on any atom is -0.497 e. The van der Waals surface area contributed by atoms with E-state index in [9.17, 15) is 9.59 Å². The van der Waals surface area contributed by atoms with Crippen LogP contribution in [-0.4, -0.2) is 23.7 Å². The Kier molecular flexibility index (Phi) is 6.64. The van der Waals surface area contributed by atoms with Crippen LogP contribution in [-0.2, 0) is 11.3 Å². The van der Waals surface area contributed by atoms with Crippen LogP contribution in [0.2, 0.25) is 0 Å². The lowest BCUT2D eigenvalue weighted by molar-refractivity contribution is -0.130.